The van der Waals surface area contributed by atoms with Crippen LogP contribution in [-0.2, 0) is 15.7 Å². The van der Waals surface area contributed by atoms with Crippen LogP contribution in [0.1, 0.15) is 31.2 Å². The summed E-state index contributed by atoms with van der Waals surface area (Å²) < 4.78 is 43.8. The number of nitrogens with one attached hydrogen (secondary N) is 1. The Balaban J connectivity index is 2.02. The van der Waals surface area contributed by atoms with Crippen LogP contribution in [0.25, 0.3) is 0 Å². The van der Waals surface area contributed by atoms with Crippen molar-refractivity contribution in [1.82, 2.24) is 0 Å². The number of hydrogen-bond acceptors (Lipinski definition) is 2. The highest BCUT2D eigenvalue weighted by Gasteiger charge is 2.31. The minimum Gasteiger partial charge on any atom is -0.378 e. The van der Waals surface area contributed by atoms with Gasteiger partial charge in [-0.3, -0.25) is 4.79 Å². The molecule has 1 aromatic carbocycles. The van der Waals surface area contributed by atoms with E-state index in [-0.39, 0.29) is 24.1 Å². The third-order valence-corrected chi connectivity index (χ3v) is 3.95. The topological polar surface area (TPSA) is 38.3 Å². The van der Waals surface area contributed by atoms with E-state index in [2.05, 4.69) is 21.2 Å². The number of anilines is 1. The Kier molecular flexibility index (Phi) is 5.27. The van der Waals surface area contributed by atoms with Gasteiger partial charge in [0.05, 0.1) is 23.8 Å². The summed E-state index contributed by atoms with van der Waals surface area (Å²) in [7, 11) is 0. The first-order chi connectivity index (χ1) is 9.86. The smallest absolute Gasteiger partial charge is 0.378 e. The van der Waals surface area contributed by atoms with E-state index in [0.29, 0.717) is 11.1 Å². The molecule has 1 aliphatic heterocycles. The summed E-state index contributed by atoms with van der Waals surface area (Å²) in [5.41, 5.74) is -0.680. The van der Waals surface area contributed by atoms with Gasteiger partial charge in [0.15, 0.2) is 0 Å². The van der Waals surface area contributed by atoms with Crippen molar-refractivity contribution in [3.63, 3.8) is 0 Å². The maximum atomic E-state index is 12.7. The SMILES string of the molecule is O=C(CC1CCCCO1)Nc1cc(C(F)(F)F)ccc1Br. The molecule has 116 valence electrons. The van der Waals surface area contributed by atoms with Crippen LogP contribution >= 0.6 is 15.9 Å². The van der Waals surface area contributed by atoms with Crippen LogP contribution in [-0.4, -0.2) is 18.6 Å². The predicted octanol–water partition coefficient (Wildman–Crippen LogP) is 4.37. The predicted molar refractivity (Wildman–Crippen MR) is 76.0 cm³/mol. The second-order valence-electron chi connectivity index (χ2n) is 4.93. The second-order valence-corrected chi connectivity index (χ2v) is 5.79. The van der Waals surface area contributed by atoms with Crippen molar-refractivity contribution in [3.05, 3.63) is 28.2 Å². The zero-order chi connectivity index (χ0) is 15.5. The van der Waals surface area contributed by atoms with Crippen LogP contribution in [0.5, 0.6) is 0 Å². The summed E-state index contributed by atoms with van der Waals surface area (Å²) in [6.45, 7) is 0.630. The average molecular weight is 366 g/mol. The van der Waals surface area contributed by atoms with Gasteiger partial charge in [0.25, 0.3) is 0 Å². The number of benzene rings is 1. The van der Waals surface area contributed by atoms with Gasteiger partial charge in [-0.1, -0.05) is 0 Å². The fraction of sp³-hybridized carbons (Fsp3) is 0.500. The molecule has 3 nitrogen and oxygen atoms in total. The maximum absolute atomic E-state index is 12.7. The van der Waals surface area contributed by atoms with Gasteiger partial charge in [-0.15, -0.1) is 0 Å². The van der Waals surface area contributed by atoms with Crippen LogP contribution in [0.4, 0.5) is 18.9 Å². The first kappa shape index (κ1) is 16.3. The number of rotatable bonds is 3. The van der Waals surface area contributed by atoms with Crippen LogP contribution in [0.15, 0.2) is 22.7 Å². The van der Waals surface area contributed by atoms with E-state index in [1.165, 1.54) is 6.07 Å². The lowest BCUT2D eigenvalue weighted by Crippen LogP contribution is -2.25. The minimum atomic E-state index is -4.44. The molecule has 0 saturated carbocycles. The van der Waals surface area contributed by atoms with Gasteiger partial charge in [-0.05, 0) is 53.4 Å². The monoisotopic (exact) mass is 365 g/mol. The number of ether oxygens (including phenoxy) is 1. The molecular formula is C14H15BrF3NO2. The Labute approximate surface area is 129 Å². The molecule has 21 heavy (non-hydrogen) atoms. The molecule has 7 heteroatoms. The fourth-order valence-corrected chi connectivity index (χ4v) is 2.52. The Morgan fingerprint density at radius 2 is 2.14 bits per heavy atom. The molecule has 1 heterocycles. The molecule has 1 atom stereocenters. The van der Waals surface area contributed by atoms with Crippen molar-refractivity contribution in [1.29, 1.82) is 0 Å². The van der Waals surface area contributed by atoms with Crippen molar-refractivity contribution >= 4 is 27.5 Å². The van der Waals surface area contributed by atoms with Crippen LogP contribution in [0.3, 0.4) is 0 Å². The Morgan fingerprint density at radius 3 is 2.76 bits per heavy atom. The highest BCUT2D eigenvalue weighted by atomic mass is 79.9. The molecule has 0 radical (unpaired) electrons. The standard InChI is InChI=1S/C14H15BrF3NO2/c15-11-5-4-9(14(16,17)18)7-12(11)19-13(20)8-10-3-1-2-6-21-10/h4-5,7,10H,1-3,6,8H2,(H,19,20). The molecule has 0 aliphatic carbocycles. The van der Waals surface area contributed by atoms with E-state index in [1.54, 1.807) is 0 Å². The number of carbonyl (C=O) groups excluding carboxylic acids is 1. The van der Waals surface area contributed by atoms with Crippen molar-refractivity contribution in [3.8, 4) is 0 Å². The summed E-state index contributed by atoms with van der Waals surface area (Å²) in [5, 5.41) is 2.50. The van der Waals surface area contributed by atoms with E-state index in [9.17, 15) is 18.0 Å². The van der Waals surface area contributed by atoms with Gasteiger partial charge < -0.3 is 10.1 Å². The highest BCUT2D eigenvalue weighted by Crippen LogP contribution is 2.34. The lowest BCUT2D eigenvalue weighted by Gasteiger charge is -2.22. The Hall–Kier alpha value is -1.08. The fourth-order valence-electron chi connectivity index (χ4n) is 2.17. The largest absolute Gasteiger partial charge is 0.416 e. The summed E-state index contributed by atoms with van der Waals surface area (Å²) >= 11 is 3.14. The van der Waals surface area contributed by atoms with E-state index in [1.807, 2.05) is 0 Å². The molecule has 0 bridgehead atoms. The average Bonchev–Trinajstić information content (AvgIpc) is 2.41. The number of amides is 1. The Morgan fingerprint density at radius 1 is 1.38 bits per heavy atom. The van der Waals surface area contributed by atoms with Gasteiger partial charge >= 0.3 is 6.18 Å². The molecule has 1 fully saturated rings. The summed E-state index contributed by atoms with van der Waals surface area (Å²) in [6, 6.07) is 3.16. The van der Waals surface area contributed by atoms with Crippen LogP contribution in [0.2, 0.25) is 0 Å². The van der Waals surface area contributed by atoms with Gasteiger partial charge in [0.1, 0.15) is 0 Å². The molecular weight excluding hydrogens is 351 g/mol. The number of halogens is 4. The van der Waals surface area contributed by atoms with Gasteiger partial charge in [-0.2, -0.15) is 13.2 Å². The number of alkyl halides is 3. The molecule has 1 aliphatic rings. The number of hydrogen-bond donors (Lipinski definition) is 1. The lowest BCUT2D eigenvalue weighted by atomic mass is 10.1. The second kappa shape index (κ2) is 6.79. The van der Waals surface area contributed by atoms with Crippen LogP contribution < -0.4 is 5.32 Å². The summed E-state index contributed by atoms with van der Waals surface area (Å²) in [4.78, 5) is 11.9. The van der Waals surface area contributed by atoms with E-state index >= 15 is 0 Å². The van der Waals surface area contributed by atoms with E-state index < -0.39 is 11.7 Å². The maximum Gasteiger partial charge on any atom is 0.416 e. The molecule has 1 N–H and O–H groups in total. The molecule has 1 unspecified atom stereocenters. The molecule has 1 aromatic rings. The quantitative estimate of drug-likeness (QED) is 0.863. The molecule has 2 rings (SSSR count). The van der Waals surface area contributed by atoms with Gasteiger partial charge in [0.2, 0.25) is 5.91 Å². The highest BCUT2D eigenvalue weighted by molar-refractivity contribution is 9.10. The van der Waals surface area contributed by atoms with Crippen molar-refractivity contribution in [2.24, 2.45) is 0 Å². The zero-order valence-electron chi connectivity index (χ0n) is 11.2. The lowest BCUT2D eigenvalue weighted by molar-refractivity contribution is -0.137. The molecule has 0 spiro atoms. The third-order valence-electron chi connectivity index (χ3n) is 3.25. The Bertz CT molecular complexity index is 513. The van der Waals surface area contributed by atoms with Gasteiger partial charge in [0, 0.05) is 11.1 Å². The molecule has 1 amide bonds. The van der Waals surface area contributed by atoms with E-state index in [0.717, 1.165) is 31.4 Å². The van der Waals surface area contributed by atoms with Crippen LogP contribution in [0, 0.1) is 0 Å². The number of carbonyl (C=O) groups is 1. The van der Waals surface area contributed by atoms with Crippen molar-refractivity contribution in [2.75, 3.05) is 11.9 Å². The normalized spacial score (nSPS) is 19.3. The molecule has 1 saturated heterocycles. The zero-order valence-corrected chi connectivity index (χ0v) is 12.8. The summed E-state index contributed by atoms with van der Waals surface area (Å²) in [5.74, 6) is -0.345. The first-order valence-electron chi connectivity index (χ1n) is 6.64. The first-order valence-corrected chi connectivity index (χ1v) is 7.44. The summed E-state index contributed by atoms with van der Waals surface area (Å²) in [6.07, 6.45) is -1.64. The van der Waals surface area contributed by atoms with Gasteiger partial charge in [-0.25, -0.2) is 0 Å². The third kappa shape index (κ3) is 4.71. The minimum absolute atomic E-state index is 0.116. The van der Waals surface area contributed by atoms with E-state index in [4.69, 9.17) is 4.74 Å². The van der Waals surface area contributed by atoms with Crippen molar-refractivity contribution < 1.29 is 22.7 Å². The molecule has 0 aromatic heterocycles. The van der Waals surface area contributed by atoms with Crippen molar-refractivity contribution in [2.45, 2.75) is 38.0 Å².